The molecule has 0 aliphatic rings. The van der Waals surface area contributed by atoms with E-state index in [1.54, 1.807) is 18.2 Å². The van der Waals surface area contributed by atoms with Gasteiger partial charge in [-0.05, 0) is 24.5 Å². The normalized spacial score (nSPS) is 10.6. The monoisotopic (exact) mass is 344 g/mol. The number of nitrogens with zero attached hydrogens (tertiary/aromatic N) is 1. The molecular formula is C16H22Cl2N2O2. The topological polar surface area (TPSA) is 49.4 Å². The zero-order valence-electron chi connectivity index (χ0n) is 13.2. The predicted molar refractivity (Wildman–Crippen MR) is 91.6 cm³/mol. The van der Waals surface area contributed by atoms with Gasteiger partial charge < -0.3 is 10.2 Å². The zero-order chi connectivity index (χ0) is 16.7. The largest absolute Gasteiger partial charge is 0.356 e. The molecule has 0 radical (unpaired) electrons. The number of carbonyl (C=O) groups is 2. The van der Waals surface area contributed by atoms with E-state index in [0.29, 0.717) is 28.2 Å². The van der Waals surface area contributed by atoms with Gasteiger partial charge in [0.25, 0.3) is 0 Å². The molecular weight excluding hydrogens is 323 g/mol. The zero-order valence-corrected chi connectivity index (χ0v) is 14.7. The van der Waals surface area contributed by atoms with Gasteiger partial charge in [0.2, 0.25) is 11.8 Å². The highest BCUT2D eigenvalue weighted by molar-refractivity contribution is 6.44. The molecule has 1 N–H and O–H groups in total. The number of benzene rings is 1. The maximum Gasteiger partial charge on any atom is 0.223 e. The minimum absolute atomic E-state index is 0.0787. The fraction of sp³-hybridized carbons (Fsp3) is 0.500. The van der Waals surface area contributed by atoms with Gasteiger partial charge >= 0.3 is 0 Å². The minimum Gasteiger partial charge on any atom is -0.356 e. The van der Waals surface area contributed by atoms with Crippen LogP contribution < -0.4 is 10.2 Å². The summed E-state index contributed by atoms with van der Waals surface area (Å²) in [6.07, 6.45) is 1.16. The molecule has 0 spiro atoms. The fourth-order valence-corrected chi connectivity index (χ4v) is 2.35. The van der Waals surface area contributed by atoms with Crippen LogP contribution in [0.1, 0.15) is 33.6 Å². The lowest BCUT2D eigenvalue weighted by atomic mass is 10.1. The smallest absolute Gasteiger partial charge is 0.223 e. The van der Waals surface area contributed by atoms with E-state index in [2.05, 4.69) is 19.2 Å². The molecule has 1 aromatic rings. The van der Waals surface area contributed by atoms with E-state index in [0.717, 1.165) is 6.42 Å². The summed E-state index contributed by atoms with van der Waals surface area (Å²) in [5, 5.41) is 3.55. The standard InChI is InChI=1S/C16H22Cl2N2O2/c1-11(2)7-9-19-15(22)8-10-20(12(3)21)14-6-4-5-13(17)16(14)18/h4-6,11H,7-10H2,1-3H3,(H,19,22). The van der Waals surface area contributed by atoms with Crippen LogP contribution in [0, 0.1) is 5.92 Å². The highest BCUT2D eigenvalue weighted by Gasteiger charge is 2.17. The van der Waals surface area contributed by atoms with Crippen LogP contribution in [0.2, 0.25) is 10.0 Å². The Morgan fingerprint density at radius 2 is 1.95 bits per heavy atom. The Labute approximate surface area is 141 Å². The van der Waals surface area contributed by atoms with Crippen molar-refractivity contribution in [3.8, 4) is 0 Å². The maximum absolute atomic E-state index is 11.8. The second-order valence-electron chi connectivity index (χ2n) is 5.53. The van der Waals surface area contributed by atoms with E-state index in [1.807, 2.05) is 0 Å². The lowest BCUT2D eigenvalue weighted by Crippen LogP contribution is -2.34. The van der Waals surface area contributed by atoms with Crippen LogP contribution in [0.4, 0.5) is 5.69 Å². The van der Waals surface area contributed by atoms with Crippen LogP contribution in [0.3, 0.4) is 0 Å². The average Bonchev–Trinajstić information content (AvgIpc) is 2.42. The number of hydrogen-bond donors (Lipinski definition) is 1. The van der Waals surface area contributed by atoms with Crippen LogP contribution in [0.5, 0.6) is 0 Å². The number of halogens is 2. The molecule has 0 saturated heterocycles. The Morgan fingerprint density at radius 3 is 2.55 bits per heavy atom. The molecule has 22 heavy (non-hydrogen) atoms. The van der Waals surface area contributed by atoms with Crippen LogP contribution in [-0.2, 0) is 9.59 Å². The number of anilines is 1. The molecule has 0 saturated carbocycles. The van der Waals surface area contributed by atoms with E-state index in [-0.39, 0.29) is 24.8 Å². The Morgan fingerprint density at radius 1 is 1.27 bits per heavy atom. The van der Waals surface area contributed by atoms with Gasteiger partial charge in [0.15, 0.2) is 0 Å². The summed E-state index contributed by atoms with van der Waals surface area (Å²) < 4.78 is 0. The first-order chi connectivity index (χ1) is 10.3. The van der Waals surface area contributed by atoms with Crippen molar-refractivity contribution in [3.63, 3.8) is 0 Å². The van der Waals surface area contributed by atoms with Gasteiger partial charge in [-0.25, -0.2) is 0 Å². The molecule has 4 nitrogen and oxygen atoms in total. The van der Waals surface area contributed by atoms with Gasteiger partial charge in [-0.1, -0.05) is 43.1 Å². The summed E-state index contributed by atoms with van der Waals surface area (Å²) in [7, 11) is 0. The average molecular weight is 345 g/mol. The van der Waals surface area contributed by atoms with Crippen molar-refractivity contribution in [2.24, 2.45) is 5.92 Å². The van der Waals surface area contributed by atoms with Crippen molar-refractivity contribution in [1.29, 1.82) is 0 Å². The molecule has 0 aromatic heterocycles. The van der Waals surface area contributed by atoms with Crippen molar-refractivity contribution in [2.75, 3.05) is 18.0 Å². The molecule has 6 heteroatoms. The summed E-state index contributed by atoms with van der Waals surface area (Å²) in [6, 6.07) is 5.10. The first-order valence-electron chi connectivity index (χ1n) is 7.31. The highest BCUT2D eigenvalue weighted by atomic mass is 35.5. The molecule has 0 bridgehead atoms. The van der Waals surface area contributed by atoms with Gasteiger partial charge in [0.1, 0.15) is 0 Å². The van der Waals surface area contributed by atoms with E-state index < -0.39 is 0 Å². The Bertz CT molecular complexity index is 533. The lowest BCUT2D eigenvalue weighted by molar-refractivity contribution is -0.121. The summed E-state index contributed by atoms with van der Waals surface area (Å²) in [4.78, 5) is 25.1. The van der Waals surface area contributed by atoms with Gasteiger partial charge in [-0.15, -0.1) is 0 Å². The van der Waals surface area contributed by atoms with Crippen molar-refractivity contribution in [2.45, 2.75) is 33.6 Å². The molecule has 2 amide bonds. The van der Waals surface area contributed by atoms with Crippen LogP contribution in [0.15, 0.2) is 18.2 Å². The third-order valence-electron chi connectivity index (χ3n) is 3.21. The summed E-state index contributed by atoms with van der Waals surface area (Å²) in [6.45, 7) is 6.56. The summed E-state index contributed by atoms with van der Waals surface area (Å²) in [5.41, 5.74) is 0.525. The third kappa shape index (κ3) is 5.85. The van der Waals surface area contributed by atoms with E-state index in [9.17, 15) is 9.59 Å². The number of amides is 2. The predicted octanol–water partition coefficient (Wildman–Crippen LogP) is 3.90. The third-order valence-corrected chi connectivity index (χ3v) is 4.02. The van der Waals surface area contributed by atoms with Crippen molar-refractivity contribution < 1.29 is 9.59 Å². The second kappa shape index (κ2) is 9.01. The van der Waals surface area contributed by atoms with Gasteiger partial charge in [0.05, 0.1) is 15.7 Å². The Hall–Kier alpha value is -1.26. The van der Waals surface area contributed by atoms with Gasteiger partial charge in [0, 0.05) is 26.4 Å². The first-order valence-corrected chi connectivity index (χ1v) is 8.07. The molecule has 0 heterocycles. The van der Waals surface area contributed by atoms with Crippen LogP contribution in [0.25, 0.3) is 0 Å². The van der Waals surface area contributed by atoms with Crippen LogP contribution >= 0.6 is 23.2 Å². The van der Waals surface area contributed by atoms with E-state index in [4.69, 9.17) is 23.2 Å². The summed E-state index contributed by atoms with van der Waals surface area (Å²) >= 11 is 12.1. The summed E-state index contributed by atoms with van der Waals surface area (Å²) in [5.74, 6) is 0.281. The lowest BCUT2D eigenvalue weighted by Gasteiger charge is -2.22. The molecule has 0 unspecified atom stereocenters. The number of carbonyl (C=O) groups excluding carboxylic acids is 2. The molecule has 1 rings (SSSR count). The molecule has 0 fully saturated rings. The fourth-order valence-electron chi connectivity index (χ4n) is 1.95. The Balaban J connectivity index is 2.64. The second-order valence-corrected chi connectivity index (χ2v) is 6.31. The maximum atomic E-state index is 11.8. The SMILES string of the molecule is CC(=O)N(CCC(=O)NCCC(C)C)c1cccc(Cl)c1Cl. The van der Waals surface area contributed by atoms with Gasteiger partial charge in [-0.3, -0.25) is 9.59 Å². The Kier molecular flexibility index (Phi) is 7.69. The molecule has 0 aliphatic heterocycles. The quantitative estimate of drug-likeness (QED) is 0.815. The number of rotatable bonds is 7. The van der Waals surface area contributed by atoms with E-state index >= 15 is 0 Å². The number of hydrogen-bond acceptors (Lipinski definition) is 2. The van der Waals surface area contributed by atoms with Crippen molar-refractivity contribution >= 4 is 40.7 Å². The van der Waals surface area contributed by atoms with Crippen molar-refractivity contribution in [1.82, 2.24) is 5.32 Å². The molecule has 122 valence electrons. The van der Waals surface area contributed by atoms with E-state index in [1.165, 1.54) is 11.8 Å². The van der Waals surface area contributed by atoms with Gasteiger partial charge in [-0.2, -0.15) is 0 Å². The number of nitrogens with one attached hydrogen (secondary N) is 1. The van der Waals surface area contributed by atoms with Crippen LogP contribution in [-0.4, -0.2) is 24.9 Å². The molecule has 0 aliphatic carbocycles. The molecule has 0 atom stereocenters. The molecule has 1 aromatic carbocycles. The van der Waals surface area contributed by atoms with Crippen molar-refractivity contribution in [3.05, 3.63) is 28.2 Å². The minimum atomic E-state index is -0.181. The first kappa shape index (κ1) is 18.8. The highest BCUT2D eigenvalue weighted by Crippen LogP contribution is 2.32.